The van der Waals surface area contributed by atoms with Gasteiger partial charge in [-0.2, -0.15) is 0 Å². The molecule has 0 aromatic rings. The van der Waals surface area contributed by atoms with E-state index in [4.69, 9.17) is 18.0 Å². The first-order chi connectivity index (χ1) is 10.1. The molecular weight excluding hydrogens is 312 g/mol. The van der Waals surface area contributed by atoms with E-state index in [1.165, 1.54) is 0 Å². The third-order valence-electron chi connectivity index (χ3n) is 4.30. The van der Waals surface area contributed by atoms with Crippen LogP contribution in [0.1, 0.15) is 41.0 Å². The van der Waals surface area contributed by atoms with Gasteiger partial charge >= 0.3 is 8.56 Å². The van der Waals surface area contributed by atoms with E-state index in [2.05, 4.69) is 40.4 Å². The molecule has 0 aliphatic carbocycles. The first-order valence-corrected chi connectivity index (χ1v) is 14.0. The van der Waals surface area contributed by atoms with Crippen LogP contribution < -0.4 is 0 Å². The van der Waals surface area contributed by atoms with Gasteiger partial charge in [0.05, 0.1) is 0 Å². The van der Waals surface area contributed by atoms with E-state index in [1.807, 2.05) is 13.8 Å². The lowest BCUT2D eigenvalue weighted by molar-refractivity contribution is 0.115. The summed E-state index contributed by atoms with van der Waals surface area (Å²) in [6, 6.07) is 0.887. The van der Waals surface area contributed by atoms with Crippen LogP contribution in [-0.4, -0.2) is 49.9 Å². The van der Waals surface area contributed by atoms with Crippen molar-refractivity contribution in [2.75, 3.05) is 33.0 Å². The van der Waals surface area contributed by atoms with Crippen LogP contribution in [0.5, 0.6) is 0 Å². The van der Waals surface area contributed by atoms with Gasteiger partial charge in [0, 0.05) is 39.1 Å². The van der Waals surface area contributed by atoms with Gasteiger partial charge in [-0.25, -0.2) is 0 Å². The normalized spacial score (nSPS) is 13.6. The van der Waals surface area contributed by atoms with E-state index in [-0.39, 0.29) is 5.04 Å². The highest BCUT2D eigenvalue weighted by Crippen LogP contribution is 2.36. The second-order valence-corrected chi connectivity index (χ2v) is 15.5. The van der Waals surface area contributed by atoms with Crippen molar-refractivity contribution in [3.63, 3.8) is 0 Å². The highest BCUT2D eigenvalue weighted by Gasteiger charge is 2.36. The molecule has 0 fully saturated rings. The maximum Gasteiger partial charge on any atom is 0.337 e. The van der Waals surface area contributed by atoms with Gasteiger partial charge in [0.25, 0.3) is 0 Å². The zero-order valence-corrected chi connectivity index (χ0v) is 18.1. The van der Waals surface area contributed by atoms with Gasteiger partial charge in [0.2, 0.25) is 0 Å². The number of hydrogen-bond donors (Lipinski definition) is 0. The van der Waals surface area contributed by atoms with Crippen LogP contribution in [0, 0.1) is 0 Å². The molecule has 0 heterocycles. The van der Waals surface area contributed by atoms with Gasteiger partial charge in [0.15, 0.2) is 8.32 Å². The van der Waals surface area contributed by atoms with Crippen molar-refractivity contribution in [2.24, 2.45) is 0 Å². The Kier molecular flexibility index (Phi) is 10.3. The van der Waals surface area contributed by atoms with Crippen molar-refractivity contribution in [2.45, 2.75) is 71.8 Å². The Balaban J connectivity index is 3.82. The summed E-state index contributed by atoms with van der Waals surface area (Å²) in [5, 5.41) is 0.274. The second-order valence-electron chi connectivity index (χ2n) is 7.32. The average Bonchev–Trinajstić information content (AvgIpc) is 2.36. The summed E-state index contributed by atoms with van der Waals surface area (Å²) in [5.41, 5.74) is 0. The first kappa shape index (κ1) is 22.3. The Bertz CT molecular complexity index is 284. The Morgan fingerprint density at radius 2 is 1.32 bits per heavy atom. The maximum absolute atomic E-state index is 6.14. The summed E-state index contributed by atoms with van der Waals surface area (Å²) in [6.45, 7) is 21.2. The van der Waals surface area contributed by atoms with E-state index in [0.717, 1.165) is 25.7 Å². The molecule has 0 N–H and O–H groups in total. The monoisotopic (exact) mass is 350 g/mol. The van der Waals surface area contributed by atoms with E-state index in [0.29, 0.717) is 19.8 Å². The van der Waals surface area contributed by atoms with Crippen LogP contribution >= 0.6 is 0 Å². The van der Waals surface area contributed by atoms with Gasteiger partial charge in [0.1, 0.15) is 0 Å². The quantitative estimate of drug-likeness (QED) is 0.382. The molecule has 6 heteroatoms. The molecule has 0 unspecified atom stereocenters. The molecule has 0 aliphatic heterocycles. The molecule has 0 aromatic heterocycles. The number of rotatable bonds is 12. The van der Waals surface area contributed by atoms with E-state index < -0.39 is 16.9 Å². The van der Waals surface area contributed by atoms with Crippen molar-refractivity contribution in [1.82, 2.24) is 0 Å². The van der Waals surface area contributed by atoms with E-state index in [9.17, 15) is 0 Å². The standard InChI is InChI=1S/C16H38O4Si2/c1-9-18-22(8,19-10-2)15-14-17-12-11-13-20-21(6,7)16(3,4)5/h9-15H2,1-8H3. The molecule has 0 aliphatic rings. The zero-order chi connectivity index (χ0) is 17.3. The summed E-state index contributed by atoms with van der Waals surface area (Å²) in [4.78, 5) is 0. The number of hydrogen-bond acceptors (Lipinski definition) is 4. The van der Waals surface area contributed by atoms with Crippen molar-refractivity contribution in [3.8, 4) is 0 Å². The van der Waals surface area contributed by atoms with Crippen molar-refractivity contribution >= 4 is 16.9 Å². The molecule has 4 nitrogen and oxygen atoms in total. The minimum absolute atomic E-state index is 0.274. The molecule has 134 valence electrons. The molecule has 0 rings (SSSR count). The summed E-state index contributed by atoms with van der Waals surface area (Å²) in [5.74, 6) is 0. The smallest absolute Gasteiger partial charge is 0.337 e. The van der Waals surface area contributed by atoms with Gasteiger partial charge in [-0.15, -0.1) is 0 Å². The van der Waals surface area contributed by atoms with Crippen LogP contribution in [0.3, 0.4) is 0 Å². The van der Waals surface area contributed by atoms with Crippen LogP contribution in [-0.2, 0) is 18.0 Å². The van der Waals surface area contributed by atoms with E-state index in [1.54, 1.807) is 0 Å². The lowest BCUT2D eigenvalue weighted by atomic mass is 10.2. The first-order valence-electron chi connectivity index (χ1n) is 8.57. The number of ether oxygens (including phenoxy) is 1. The minimum Gasteiger partial charge on any atom is -0.417 e. The summed E-state index contributed by atoms with van der Waals surface area (Å²) in [7, 11) is -3.64. The SMILES string of the molecule is CCO[Si](C)(CCOCCCO[Si](C)(C)C(C)(C)C)OCC. The Morgan fingerprint density at radius 3 is 1.77 bits per heavy atom. The molecule has 0 radical (unpaired) electrons. The molecule has 0 saturated carbocycles. The molecule has 0 spiro atoms. The molecular formula is C16H38O4Si2. The molecule has 0 amide bonds. The van der Waals surface area contributed by atoms with Crippen LogP contribution in [0.15, 0.2) is 0 Å². The third kappa shape index (κ3) is 8.79. The topological polar surface area (TPSA) is 36.9 Å². The molecule has 0 bridgehead atoms. The second kappa shape index (κ2) is 10.2. The predicted molar refractivity (Wildman–Crippen MR) is 98.3 cm³/mol. The van der Waals surface area contributed by atoms with Crippen LogP contribution in [0.4, 0.5) is 0 Å². The van der Waals surface area contributed by atoms with Crippen molar-refractivity contribution < 1.29 is 18.0 Å². The van der Waals surface area contributed by atoms with E-state index >= 15 is 0 Å². The predicted octanol–water partition coefficient (Wildman–Crippen LogP) is 4.56. The lowest BCUT2D eigenvalue weighted by Crippen LogP contribution is -2.41. The Morgan fingerprint density at radius 1 is 0.773 bits per heavy atom. The molecule has 0 atom stereocenters. The molecule has 0 aromatic carbocycles. The van der Waals surface area contributed by atoms with Crippen LogP contribution in [0.25, 0.3) is 0 Å². The lowest BCUT2D eigenvalue weighted by Gasteiger charge is -2.36. The Hall–Kier alpha value is 0.274. The van der Waals surface area contributed by atoms with Gasteiger partial charge in [-0.3, -0.25) is 0 Å². The molecule has 0 saturated heterocycles. The highest BCUT2D eigenvalue weighted by atomic mass is 28.4. The largest absolute Gasteiger partial charge is 0.417 e. The van der Waals surface area contributed by atoms with Gasteiger partial charge in [-0.05, 0) is 44.9 Å². The van der Waals surface area contributed by atoms with Gasteiger partial charge in [-0.1, -0.05) is 20.8 Å². The molecule has 22 heavy (non-hydrogen) atoms. The fourth-order valence-corrected chi connectivity index (χ4v) is 5.06. The third-order valence-corrected chi connectivity index (χ3v) is 11.8. The van der Waals surface area contributed by atoms with Gasteiger partial charge < -0.3 is 18.0 Å². The Labute approximate surface area is 140 Å². The van der Waals surface area contributed by atoms with Crippen LogP contribution in [0.2, 0.25) is 30.7 Å². The maximum atomic E-state index is 6.14. The average molecular weight is 351 g/mol. The zero-order valence-electron chi connectivity index (χ0n) is 16.1. The fourth-order valence-electron chi connectivity index (χ4n) is 1.86. The fraction of sp³-hybridized carbons (Fsp3) is 1.00. The minimum atomic E-state index is -2.02. The summed E-state index contributed by atoms with van der Waals surface area (Å²) >= 11 is 0. The summed E-state index contributed by atoms with van der Waals surface area (Å²) in [6.07, 6.45) is 0.952. The van der Waals surface area contributed by atoms with Crippen molar-refractivity contribution in [3.05, 3.63) is 0 Å². The highest BCUT2D eigenvalue weighted by molar-refractivity contribution is 6.74. The summed E-state index contributed by atoms with van der Waals surface area (Å²) < 4.78 is 23.5. The van der Waals surface area contributed by atoms with Crippen molar-refractivity contribution in [1.29, 1.82) is 0 Å².